The van der Waals surface area contributed by atoms with Crippen LogP contribution in [0.3, 0.4) is 0 Å². The highest BCUT2D eigenvalue weighted by Crippen LogP contribution is 2.10. The second-order valence-electron chi connectivity index (χ2n) is 3.83. The summed E-state index contributed by atoms with van der Waals surface area (Å²) >= 11 is 0. The number of hydrogen-bond acceptors (Lipinski definition) is 4. The molecule has 1 heterocycles. The van der Waals surface area contributed by atoms with Crippen molar-refractivity contribution in [1.29, 1.82) is 0 Å². The summed E-state index contributed by atoms with van der Waals surface area (Å²) in [6.07, 6.45) is 0. The first-order valence-electron chi connectivity index (χ1n) is 5.24. The van der Waals surface area contributed by atoms with Gasteiger partial charge in [0, 0.05) is 5.56 Å². The summed E-state index contributed by atoms with van der Waals surface area (Å²) in [7, 11) is 0. The molecule has 1 aromatic heterocycles. The van der Waals surface area contributed by atoms with Gasteiger partial charge in [0.15, 0.2) is 5.82 Å². The number of carbonyl (C=O) groups excluding carboxylic acids is 1. The molecule has 0 fully saturated rings. The number of aromatic nitrogens is 4. The molecule has 0 spiro atoms. The zero-order chi connectivity index (χ0) is 12.3. The molecule has 6 nitrogen and oxygen atoms in total. The van der Waals surface area contributed by atoms with Crippen molar-refractivity contribution in [3.8, 4) is 0 Å². The van der Waals surface area contributed by atoms with Crippen LogP contribution in [0.1, 0.15) is 27.3 Å². The lowest BCUT2D eigenvalue weighted by Gasteiger charge is -2.06. The van der Waals surface area contributed by atoms with Crippen LogP contribution in [0.2, 0.25) is 0 Å². The van der Waals surface area contributed by atoms with E-state index in [-0.39, 0.29) is 12.5 Å². The lowest BCUT2D eigenvalue weighted by Crippen LogP contribution is -2.24. The number of hydrogen-bond donors (Lipinski definition) is 2. The van der Waals surface area contributed by atoms with Crippen molar-refractivity contribution in [3.63, 3.8) is 0 Å². The number of amides is 1. The third kappa shape index (κ3) is 2.66. The number of carbonyl (C=O) groups is 1. The maximum Gasteiger partial charge on any atom is 0.251 e. The van der Waals surface area contributed by atoms with Gasteiger partial charge in [0.1, 0.15) is 0 Å². The average Bonchev–Trinajstić information content (AvgIpc) is 2.82. The fourth-order valence-corrected chi connectivity index (χ4v) is 1.49. The monoisotopic (exact) mass is 231 g/mol. The van der Waals surface area contributed by atoms with Crippen LogP contribution in [0.25, 0.3) is 0 Å². The maximum absolute atomic E-state index is 11.9. The minimum Gasteiger partial charge on any atom is -0.345 e. The molecular formula is C11H13N5O. The van der Waals surface area contributed by atoms with Gasteiger partial charge in [-0.3, -0.25) is 4.79 Å². The van der Waals surface area contributed by atoms with Gasteiger partial charge in [-0.2, -0.15) is 5.21 Å². The van der Waals surface area contributed by atoms with Crippen molar-refractivity contribution in [1.82, 2.24) is 25.9 Å². The fourth-order valence-electron chi connectivity index (χ4n) is 1.49. The van der Waals surface area contributed by atoms with Gasteiger partial charge in [0.25, 0.3) is 5.91 Å². The molecule has 2 rings (SSSR count). The van der Waals surface area contributed by atoms with Gasteiger partial charge in [0.2, 0.25) is 0 Å². The molecule has 0 atom stereocenters. The molecule has 0 aliphatic rings. The quantitative estimate of drug-likeness (QED) is 0.816. The van der Waals surface area contributed by atoms with Gasteiger partial charge in [0.05, 0.1) is 6.54 Å². The van der Waals surface area contributed by atoms with E-state index >= 15 is 0 Å². The molecule has 88 valence electrons. The molecule has 0 aliphatic heterocycles. The second-order valence-corrected chi connectivity index (χ2v) is 3.83. The molecule has 0 unspecified atom stereocenters. The van der Waals surface area contributed by atoms with Gasteiger partial charge >= 0.3 is 0 Å². The number of nitrogens with zero attached hydrogens (tertiary/aromatic N) is 3. The highest BCUT2D eigenvalue weighted by molar-refractivity contribution is 5.95. The average molecular weight is 231 g/mol. The SMILES string of the molecule is Cc1ccc(C)c(C(=O)NCc2nn[nH]n2)c1. The van der Waals surface area contributed by atoms with Crippen molar-refractivity contribution in [2.24, 2.45) is 0 Å². The summed E-state index contributed by atoms with van der Waals surface area (Å²) in [6.45, 7) is 4.13. The fraction of sp³-hybridized carbons (Fsp3) is 0.273. The lowest BCUT2D eigenvalue weighted by molar-refractivity contribution is 0.0949. The zero-order valence-electron chi connectivity index (χ0n) is 9.69. The van der Waals surface area contributed by atoms with Gasteiger partial charge in [-0.25, -0.2) is 0 Å². The number of aryl methyl sites for hydroxylation is 2. The molecule has 17 heavy (non-hydrogen) atoms. The third-order valence-electron chi connectivity index (χ3n) is 2.43. The molecule has 0 radical (unpaired) electrons. The van der Waals surface area contributed by atoms with Gasteiger partial charge in [-0.05, 0) is 25.5 Å². The topological polar surface area (TPSA) is 83.6 Å². The number of benzene rings is 1. The molecule has 2 aromatic rings. The Hall–Kier alpha value is -2.24. The molecule has 0 bridgehead atoms. The summed E-state index contributed by atoms with van der Waals surface area (Å²) < 4.78 is 0. The molecule has 2 N–H and O–H groups in total. The Balaban J connectivity index is 2.07. The van der Waals surface area contributed by atoms with E-state index < -0.39 is 0 Å². The molecule has 1 amide bonds. The summed E-state index contributed by atoms with van der Waals surface area (Å²) in [5.41, 5.74) is 2.68. The number of tetrazole rings is 1. The normalized spacial score (nSPS) is 10.2. The van der Waals surface area contributed by atoms with Crippen LogP contribution < -0.4 is 5.32 Å². The Bertz CT molecular complexity index is 521. The van der Waals surface area contributed by atoms with E-state index in [4.69, 9.17) is 0 Å². The van der Waals surface area contributed by atoms with Crippen LogP contribution in [0.15, 0.2) is 18.2 Å². The molecular weight excluding hydrogens is 218 g/mol. The molecule has 0 aliphatic carbocycles. The standard InChI is InChI=1S/C11H13N5O/c1-7-3-4-8(2)9(5-7)11(17)12-6-10-13-15-16-14-10/h3-5H,6H2,1-2H3,(H,12,17)(H,13,14,15,16). The predicted molar refractivity (Wildman–Crippen MR) is 61.3 cm³/mol. The minimum atomic E-state index is -0.129. The molecule has 1 aromatic carbocycles. The van der Waals surface area contributed by atoms with Crippen LogP contribution in [-0.2, 0) is 6.54 Å². The largest absolute Gasteiger partial charge is 0.345 e. The first-order chi connectivity index (χ1) is 8.16. The van der Waals surface area contributed by atoms with E-state index in [1.54, 1.807) is 0 Å². The van der Waals surface area contributed by atoms with Crippen molar-refractivity contribution < 1.29 is 4.79 Å². The lowest BCUT2D eigenvalue weighted by atomic mass is 10.1. The number of H-pyrrole nitrogens is 1. The smallest absolute Gasteiger partial charge is 0.251 e. The summed E-state index contributed by atoms with van der Waals surface area (Å²) in [4.78, 5) is 11.9. The Labute approximate surface area is 98.4 Å². The second kappa shape index (κ2) is 4.73. The summed E-state index contributed by atoms with van der Waals surface area (Å²) in [5, 5.41) is 16.0. The van der Waals surface area contributed by atoms with Crippen molar-refractivity contribution in [2.45, 2.75) is 20.4 Å². The van der Waals surface area contributed by atoms with Crippen molar-refractivity contribution >= 4 is 5.91 Å². The molecule has 0 saturated carbocycles. The summed E-state index contributed by atoms with van der Waals surface area (Å²) in [5.74, 6) is 0.333. The molecule has 6 heteroatoms. The number of aromatic amines is 1. The van der Waals surface area contributed by atoms with E-state index in [9.17, 15) is 4.79 Å². The van der Waals surface area contributed by atoms with E-state index in [2.05, 4.69) is 25.9 Å². The Morgan fingerprint density at radius 2 is 2.24 bits per heavy atom. The van der Waals surface area contributed by atoms with Crippen LogP contribution in [0.4, 0.5) is 0 Å². The van der Waals surface area contributed by atoms with E-state index in [0.717, 1.165) is 11.1 Å². The third-order valence-corrected chi connectivity index (χ3v) is 2.43. The van der Waals surface area contributed by atoms with Crippen LogP contribution in [0, 0.1) is 13.8 Å². The van der Waals surface area contributed by atoms with Crippen LogP contribution in [-0.4, -0.2) is 26.5 Å². The number of rotatable bonds is 3. The summed E-state index contributed by atoms with van der Waals surface area (Å²) in [6, 6.07) is 5.77. The first kappa shape index (κ1) is 11.3. The Kier molecular flexibility index (Phi) is 3.13. The van der Waals surface area contributed by atoms with E-state index in [1.807, 2.05) is 32.0 Å². The van der Waals surface area contributed by atoms with Crippen LogP contribution in [0.5, 0.6) is 0 Å². The number of nitrogens with one attached hydrogen (secondary N) is 2. The van der Waals surface area contributed by atoms with Gasteiger partial charge in [-0.15, -0.1) is 10.2 Å². The van der Waals surface area contributed by atoms with Crippen molar-refractivity contribution in [3.05, 3.63) is 40.7 Å². The Morgan fingerprint density at radius 1 is 1.41 bits per heavy atom. The van der Waals surface area contributed by atoms with Crippen molar-refractivity contribution in [2.75, 3.05) is 0 Å². The zero-order valence-corrected chi connectivity index (χ0v) is 9.69. The molecule has 0 saturated heterocycles. The van der Waals surface area contributed by atoms with Crippen LogP contribution >= 0.6 is 0 Å². The van der Waals surface area contributed by atoms with E-state index in [1.165, 1.54) is 0 Å². The Morgan fingerprint density at radius 3 is 2.94 bits per heavy atom. The van der Waals surface area contributed by atoms with E-state index in [0.29, 0.717) is 11.4 Å². The first-order valence-corrected chi connectivity index (χ1v) is 5.24. The highest BCUT2D eigenvalue weighted by Gasteiger charge is 2.09. The maximum atomic E-state index is 11.9. The van der Waals surface area contributed by atoms with Gasteiger partial charge < -0.3 is 5.32 Å². The van der Waals surface area contributed by atoms with Gasteiger partial charge in [-0.1, -0.05) is 22.9 Å². The minimum absolute atomic E-state index is 0.129. The predicted octanol–water partition coefficient (Wildman–Crippen LogP) is 0.747. The highest BCUT2D eigenvalue weighted by atomic mass is 16.1.